The molecular formula is C21H34N2. The third-order valence-electron chi connectivity index (χ3n) is 5.86. The standard InChI is InChI=1S/C21H34N2/c1-12(2)18-10-14(5)16(7)23(9)17(8)20-15(6)22-11-19(13(3)4)21(18)20/h11-13,17-18H,10H2,1-9H3/b16-14-/t17-,18?/m0/s1. The summed E-state index contributed by atoms with van der Waals surface area (Å²) in [5.41, 5.74) is 8.62. The maximum atomic E-state index is 4.77. The minimum Gasteiger partial charge on any atom is -0.371 e. The molecule has 0 saturated heterocycles. The molecule has 1 unspecified atom stereocenters. The van der Waals surface area contributed by atoms with Crippen molar-refractivity contribution in [3.8, 4) is 0 Å². The molecule has 2 nitrogen and oxygen atoms in total. The summed E-state index contributed by atoms with van der Waals surface area (Å²) in [6.45, 7) is 18.4. The zero-order valence-electron chi connectivity index (χ0n) is 16.5. The van der Waals surface area contributed by atoms with Crippen LogP contribution in [0.25, 0.3) is 0 Å². The Balaban J connectivity index is 2.81. The zero-order valence-corrected chi connectivity index (χ0v) is 16.5. The van der Waals surface area contributed by atoms with Crippen LogP contribution >= 0.6 is 0 Å². The lowest BCUT2D eigenvalue weighted by atomic mass is 9.75. The van der Waals surface area contributed by atoms with Crippen molar-refractivity contribution in [3.63, 3.8) is 0 Å². The maximum absolute atomic E-state index is 4.77. The van der Waals surface area contributed by atoms with E-state index in [-0.39, 0.29) is 0 Å². The van der Waals surface area contributed by atoms with Crippen LogP contribution in [0.2, 0.25) is 0 Å². The minimum atomic E-state index is 0.368. The van der Waals surface area contributed by atoms with Crippen molar-refractivity contribution in [2.24, 2.45) is 5.92 Å². The average Bonchev–Trinajstić information content (AvgIpc) is 2.48. The molecule has 0 aliphatic carbocycles. The van der Waals surface area contributed by atoms with E-state index in [9.17, 15) is 0 Å². The summed E-state index contributed by atoms with van der Waals surface area (Å²) >= 11 is 0. The molecule has 0 aromatic carbocycles. The van der Waals surface area contributed by atoms with Gasteiger partial charge in [0.05, 0.1) is 6.04 Å². The van der Waals surface area contributed by atoms with Crippen LogP contribution in [0.3, 0.4) is 0 Å². The van der Waals surface area contributed by atoms with E-state index in [1.165, 1.54) is 28.1 Å². The Labute approximate surface area is 143 Å². The van der Waals surface area contributed by atoms with Crippen molar-refractivity contribution in [1.29, 1.82) is 0 Å². The van der Waals surface area contributed by atoms with Gasteiger partial charge in [-0.1, -0.05) is 33.3 Å². The first-order chi connectivity index (χ1) is 10.7. The smallest absolute Gasteiger partial charge is 0.0528 e. The van der Waals surface area contributed by atoms with Crippen LogP contribution in [0.15, 0.2) is 17.5 Å². The third-order valence-corrected chi connectivity index (χ3v) is 5.86. The van der Waals surface area contributed by atoms with Crippen molar-refractivity contribution in [3.05, 3.63) is 39.9 Å². The molecule has 0 N–H and O–H groups in total. The fraction of sp³-hybridized carbons (Fsp3) is 0.667. The Hall–Kier alpha value is -1.31. The summed E-state index contributed by atoms with van der Waals surface area (Å²) < 4.78 is 0. The normalized spacial score (nSPS) is 25.6. The van der Waals surface area contributed by atoms with Gasteiger partial charge < -0.3 is 4.90 Å². The van der Waals surface area contributed by atoms with Crippen molar-refractivity contribution < 1.29 is 0 Å². The van der Waals surface area contributed by atoms with Gasteiger partial charge in [0.1, 0.15) is 0 Å². The van der Waals surface area contributed by atoms with Crippen molar-refractivity contribution in [2.45, 2.75) is 79.7 Å². The van der Waals surface area contributed by atoms with Crippen LogP contribution in [0.4, 0.5) is 0 Å². The topological polar surface area (TPSA) is 16.1 Å². The van der Waals surface area contributed by atoms with E-state index < -0.39 is 0 Å². The molecule has 0 amide bonds. The molecule has 128 valence electrons. The number of rotatable bonds is 2. The third kappa shape index (κ3) is 3.18. The van der Waals surface area contributed by atoms with Gasteiger partial charge in [-0.05, 0) is 68.6 Å². The number of allylic oxidation sites excluding steroid dienone is 2. The minimum absolute atomic E-state index is 0.368. The fourth-order valence-corrected chi connectivity index (χ4v) is 3.99. The second-order valence-corrected chi connectivity index (χ2v) is 7.99. The Bertz CT molecular complexity index is 611. The Morgan fingerprint density at radius 3 is 2.22 bits per heavy atom. The number of aromatic nitrogens is 1. The molecule has 0 bridgehead atoms. The fourth-order valence-electron chi connectivity index (χ4n) is 3.99. The molecule has 0 fully saturated rings. The molecule has 2 rings (SSSR count). The highest BCUT2D eigenvalue weighted by Crippen LogP contribution is 2.44. The van der Waals surface area contributed by atoms with Gasteiger partial charge >= 0.3 is 0 Å². The van der Waals surface area contributed by atoms with Crippen LogP contribution < -0.4 is 0 Å². The zero-order chi connectivity index (χ0) is 17.5. The van der Waals surface area contributed by atoms with E-state index in [1.54, 1.807) is 5.56 Å². The summed E-state index contributed by atoms with van der Waals surface area (Å²) in [7, 11) is 2.23. The van der Waals surface area contributed by atoms with Gasteiger partial charge in [-0.3, -0.25) is 4.98 Å². The average molecular weight is 315 g/mol. The number of pyridine rings is 1. The van der Waals surface area contributed by atoms with Crippen molar-refractivity contribution >= 4 is 0 Å². The highest BCUT2D eigenvalue weighted by molar-refractivity contribution is 5.44. The van der Waals surface area contributed by atoms with Crippen molar-refractivity contribution in [2.75, 3.05) is 7.05 Å². The number of fused-ring (bicyclic) bond motifs is 1. The van der Waals surface area contributed by atoms with Gasteiger partial charge in [0.25, 0.3) is 0 Å². The molecule has 2 atom stereocenters. The highest BCUT2D eigenvalue weighted by atomic mass is 15.1. The van der Waals surface area contributed by atoms with Crippen LogP contribution in [0.5, 0.6) is 0 Å². The van der Waals surface area contributed by atoms with Crippen molar-refractivity contribution in [1.82, 2.24) is 9.88 Å². The van der Waals surface area contributed by atoms with E-state index in [1.807, 2.05) is 0 Å². The molecule has 1 aromatic rings. The van der Waals surface area contributed by atoms with Gasteiger partial charge in [0, 0.05) is 24.6 Å². The predicted molar refractivity (Wildman–Crippen MR) is 99.8 cm³/mol. The van der Waals surface area contributed by atoms with Gasteiger partial charge in [-0.25, -0.2) is 0 Å². The Morgan fingerprint density at radius 2 is 1.70 bits per heavy atom. The molecule has 0 spiro atoms. The quantitative estimate of drug-likeness (QED) is 0.671. The monoisotopic (exact) mass is 314 g/mol. The molecule has 1 aromatic heterocycles. The molecule has 2 heteroatoms. The van der Waals surface area contributed by atoms with Crippen LogP contribution in [0.1, 0.15) is 95.1 Å². The summed E-state index contributed by atoms with van der Waals surface area (Å²) in [5, 5.41) is 0. The number of nitrogens with zero attached hydrogens (tertiary/aromatic N) is 2. The number of hydrogen-bond acceptors (Lipinski definition) is 2. The van der Waals surface area contributed by atoms with Crippen LogP contribution in [-0.4, -0.2) is 16.9 Å². The van der Waals surface area contributed by atoms with E-state index >= 15 is 0 Å². The summed E-state index contributed by atoms with van der Waals surface area (Å²) in [6, 6.07) is 0.368. The maximum Gasteiger partial charge on any atom is 0.0528 e. The summed E-state index contributed by atoms with van der Waals surface area (Å²) in [4.78, 5) is 7.20. The lowest BCUT2D eigenvalue weighted by molar-refractivity contribution is 0.310. The second-order valence-electron chi connectivity index (χ2n) is 7.99. The van der Waals surface area contributed by atoms with Gasteiger partial charge in [-0.2, -0.15) is 0 Å². The molecule has 1 aliphatic rings. The molecule has 0 saturated carbocycles. The number of hydrogen-bond donors (Lipinski definition) is 0. The summed E-state index contributed by atoms with van der Waals surface area (Å²) in [6.07, 6.45) is 3.28. The first-order valence-corrected chi connectivity index (χ1v) is 9.05. The molecule has 2 heterocycles. The van der Waals surface area contributed by atoms with E-state index in [4.69, 9.17) is 4.98 Å². The lowest BCUT2D eigenvalue weighted by Gasteiger charge is -2.39. The second kappa shape index (κ2) is 6.67. The first kappa shape index (κ1) is 18.0. The highest BCUT2D eigenvalue weighted by Gasteiger charge is 2.31. The van der Waals surface area contributed by atoms with Crippen LogP contribution in [-0.2, 0) is 0 Å². The first-order valence-electron chi connectivity index (χ1n) is 9.05. The van der Waals surface area contributed by atoms with E-state index in [0.717, 1.165) is 6.42 Å². The van der Waals surface area contributed by atoms with Gasteiger partial charge in [-0.15, -0.1) is 0 Å². The lowest BCUT2D eigenvalue weighted by Crippen LogP contribution is -2.28. The van der Waals surface area contributed by atoms with E-state index in [0.29, 0.717) is 23.8 Å². The molecular weight excluding hydrogens is 280 g/mol. The molecule has 0 radical (unpaired) electrons. The van der Waals surface area contributed by atoms with Gasteiger partial charge in [0.2, 0.25) is 0 Å². The largest absolute Gasteiger partial charge is 0.371 e. The van der Waals surface area contributed by atoms with Crippen LogP contribution in [0, 0.1) is 12.8 Å². The number of aryl methyl sites for hydroxylation is 1. The molecule has 1 aliphatic heterocycles. The van der Waals surface area contributed by atoms with E-state index in [2.05, 4.69) is 73.5 Å². The Morgan fingerprint density at radius 1 is 1.09 bits per heavy atom. The van der Waals surface area contributed by atoms with Gasteiger partial charge in [0.15, 0.2) is 0 Å². The SMILES string of the molecule is C/C1=C(\C)N(C)[C@@H](C)c2c(C)ncc(C(C)C)c2C(C(C)C)C1. The molecule has 23 heavy (non-hydrogen) atoms. The Kier molecular flexibility index (Phi) is 5.23. The summed E-state index contributed by atoms with van der Waals surface area (Å²) in [5.74, 6) is 1.72. The predicted octanol–water partition coefficient (Wildman–Crippen LogP) is 5.94.